The second-order valence-electron chi connectivity index (χ2n) is 6.80. The molecule has 0 bridgehead atoms. The zero-order valence-corrected chi connectivity index (χ0v) is 16.1. The Kier molecular flexibility index (Phi) is 5.91. The van der Waals surface area contributed by atoms with Gasteiger partial charge in [-0.1, -0.05) is 24.3 Å². The van der Waals surface area contributed by atoms with Crippen molar-refractivity contribution in [2.75, 3.05) is 25.5 Å². The second kappa shape index (κ2) is 8.54. The van der Waals surface area contributed by atoms with E-state index in [1.54, 1.807) is 6.20 Å². The monoisotopic (exact) mass is 362 g/mol. The summed E-state index contributed by atoms with van der Waals surface area (Å²) >= 11 is 0. The van der Waals surface area contributed by atoms with Gasteiger partial charge in [-0.25, -0.2) is 4.98 Å². The van der Waals surface area contributed by atoms with Crippen LogP contribution in [0.25, 0.3) is 11.1 Å². The number of anilines is 1. The predicted molar refractivity (Wildman–Crippen MR) is 110 cm³/mol. The van der Waals surface area contributed by atoms with Crippen LogP contribution in [0.5, 0.6) is 0 Å². The van der Waals surface area contributed by atoms with Crippen LogP contribution in [0.15, 0.2) is 60.9 Å². The highest BCUT2D eigenvalue weighted by molar-refractivity contribution is 5.95. The average Bonchev–Trinajstić information content (AvgIpc) is 3.10. The molecule has 0 atom stereocenters. The largest absolute Gasteiger partial charge is 0.378 e. The van der Waals surface area contributed by atoms with Gasteiger partial charge >= 0.3 is 0 Å². The molecule has 0 saturated heterocycles. The van der Waals surface area contributed by atoms with Crippen LogP contribution in [0.2, 0.25) is 0 Å². The Balaban J connectivity index is 1.62. The highest BCUT2D eigenvalue weighted by Gasteiger charge is 2.08. The van der Waals surface area contributed by atoms with E-state index in [1.165, 1.54) is 0 Å². The van der Waals surface area contributed by atoms with E-state index in [0.29, 0.717) is 12.1 Å². The third-order valence-electron chi connectivity index (χ3n) is 4.61. The van der Waals surface area contributed by atoms with Crippen molar-refractivity contribution in [1.82, 2.24) is 14.9 Å². The number of carbonyl (C=O) groups excluding carboxylic acids is 1. The van der Waals surface area contributed by atoms with E-state index >= 15 is 0 Å². The Bertz CT molecular complexity index is 914. The third kappa shape index (κ3) is 4.76. The van der Waals surface area contributed by atoms with Gasteiger partial charge in [0.2, 0.25) is 0 Å². The molecule has 5 heteroatoms. The topological polar surface area (TPSA) is 50.2 Å². The fraction of sp³-hybridized carbons (Fsp3) is 0.273. The number of rotatable bonds is 7. The molecule has 0 unspecified atom stereocenters. The van der Waals surface area contributed by atoms with Crippen LogP contribution < -0.4 is 10.2 Å². The minimum atomic E-state index is -0.0389. The van der Waals surface area contributed by atoms with Gasteiger partial charge in [-0.2, -0.15) is 0 Å². The van der Waals surface area contributed by atoms with Gasteiger partial charge < -0.3 is 14.8 Å². The lowest BCUT2D eigenvalue weighted by Crippen LogP contribution is -2.25. The lowest BCUT2D eigenvalue weighted by molar-refractivity contribution is 0.0953. The SMILES string of the molecule is Cc1nccn1CCCNC(=O)c1cccc(-c2cccc(N(C)C)c2)c1. The molecule has 0 aliphatic carbocycles. The van der Waals surface area contributed by atoms with E-state index in [9.17, 15) is 4.79 Å². The van der Waals surface area contributed by atoms with Crippen molar-refractivity contribution in [3.05, 3.63) is 72.3 Å². The van der Waals surface area contributed by atoms with Crippen LogP contribution in [0.4, 0.5) is 5.69 Å². The second-order valence-corrected chi connectivity index (χ2v) is 6.80. The zero-order chi connectivity index (χ0) is 19.2. The Morgan fingerprint density at radius 1 is 1.11 bits per heavy atom. The first-order chi connectivity index (χ1) is 13.0. The molecule has 1 heterocycles. The van der Waals surface area contributed by atoms with Crippen LogP contribution in [-0.4, -0.2) is 36.1 Å². The van der Waals surface area contributed by atoms with Gasteiger partial charge in [0.15, 0.2) is 0 Å². The smallest absolute Gasteiger partial charge is 0.251 e. The molecule has 1 N–H and O–H groups in total. The maximum Gasteiger partial charge on any atom is 0.251 e. The summed E-state index contributed by atoms with van der Waals surface area (Å²) in [6.07, 6.45) is 4.63. The lowest BCUT2D eigenvalue weighted by Gasteiger charge is -2.14. The molecular weight excluding hydrogens is 336 g/mol. The van der Waals surface area contributed by atoms with Crippen molar-refractivity contribution in [3.63, 3.8) is 0 Å². The summed E-state index contributed by atoms with van der Waals surface area (Å²) in [5.74, 6) is 0.956. The van der Waals surface area contributed by atoms with E-state index in [-0.39, 0.29) is 5.91 Å². The Morgan fingerprint density at radius 3 is 2.56 bits per heavy atom. The fourth-order valence-electron chi connectivity index (χ4n) is 3.00. The van der Waals surface area contributed by atoms with Crippen LogP contribution in [0.1, 0.15) is 22.6 Å². The molecule has 0 radical (unpaired) electrons. The minimum Gasteiger partial charge on any atom is -0.378 e. The van der Waals surface area contributed by atoms with Crippen LogP contribution in [0.3, 0.4) is 0 Å². The maximum absolute atomic E-state index is 12.5. The number of aryl methyl sites for hydroxylation is 2. The minimum absolute atomic E-state index is 0.0389. The van der Waals surface area contributed by atoms with Crippen LogP contribution in [0, 0.1) is 6.92 Å². The molecule has 0 saturated carbocycles. The summed E-state index contributed by atoms with van der Waals surface area (Å²) in [4.78, 5) is 18.8. The third-order valence-corrected chi connectivity index (χ3v) is 4.61. The van der Waals surface area contributed by atoms with Gasteiger partial charge in [-0.05, 0) is 48.7 Å². The number of nitrogens with zero attached hydrogens (tertiary/aromatic N) is 3. The molecule has 27 heavy (non-hydrogen) atoms. The summed E-state index contributed by atoms with van der Waals surface area (Å²) < 4.78 is 2.09. The summed E-state index contributed by atoms with van der Waals surface area (Å²) in [5.41, 5.74) is 3.96. The summed E-state index contributed by atoms with van der Waals surface area (Å²) in [7, 11) is 4.04. The van der Waals surface area contributed by atoms with Crippen molar-refractivity contribution in [2.45, 2.75) is 19.9 Å². The first kappa shape index (κ1) is 18.7. The molecule has 0 aliphatic heterocycles. The molecule has 1 aromatic heterocycles. The molecule has 3 rings (SSSR count). The fourth-order valence-corrected chi connectivity index (χ4v) is 3.00. The Morgan fingerprint density at radius 2 is 1.85 bits per heavy atom. The molecule has 2 aromatic carbocycles. The van der Waals surface area contributed by atoms with Crippen LogP contribution in [-0.2, 0) is 6.54 Å². The number of aromatic nitrogens is 2. The van der Waals surface area contributed by atoms with Gasteiger partial charge in [0.05, 0.1) is 0 Å². The number of benzene rings is 2. The Hall–Kier alpha value is -3.08. The van der Waals surface area contributed by atoms with E-state index in [0.717, 1.165) is 35.6 Å². The Labute approximate surface area is 160 Å². The number of carbonyl (C=O) groups is 1. The molecular formula is C22H26N4O. The zero-order valence-electron chi connectivity index (χ0n) is 16.1. The van der Waals surface area contributed by atoms with Gasteiger partial charge in [-0.3, -0.25) is 4.79 Å². The van der Waals surface area contributed by atoms with Crippen LogP contribution >= 0.6 is 0 Å². The summed E-state index contributed by atoms with van der Waals surface area (Å²) in [6.45, 7) is 3.47. The maximum atomic E-state index is 12.5. The van der Waals surface area contributed by atoms with Crippen molar-refractivity contribution >= 4 is 11.6 Å². The number of hydrogen-bond acceptors (Lipinski definition) is 3. The van der Waals surface area contributed by atoms with Gasteiger partial charge in [0.1, 0.15) is 5.82 Å². The number of hydrogen-bond donors (Lipinski definition) is 1. The highest BCUT2D eigenvalue weighted by atomic mass is 16.1. The van der Waals surface area contributed by atoms with Crippen molar-refractivity contribution in [1.29, 1.82) is 0 Å². The normalized spacial score (nSPS) is 10.6. The average molecular weight is 362 g/mol. The van der Waals surface area contributed by atoms with E-state index < -0.39 is 0 Å². The van der Waals surface area contributed by atoms with E-state index in [4.69, 9.17) is 0 Å². The summed E-state index contributed by atoms with van der Waals surface area (Å²) in [6, 6.07) is 16.1. The van der Waals surface area contributed by atoms with E-state index in [2.05, 4.69) is 38.0 Å². The van der Waals surface area contributed by atoms with Crippen molar-refractivity contribution in [3.8, 4) is 11.1 Å². The van der Waals surface area contributed by atoms with Gasteiger partial charge in [0.25, 0.3) is 5.91 Å². The molecule has 0 fully saturated rings. The molecule has 140 valence electrons. The number of amides is 1. The van der Waals surface area contributed by atoms with Crippen molar-refractivity contribution < 1.29 is 4.79 Å². The molecule has 0 aliphatic rings. The van der Waals surface area contributed by atoms with Crippen molar-refractivity contribution in [2.24, 2.45) is 0 Å². The molecule has 3 aromatic rings. The van der Waals surface area contributed by atoms with Gasteiger partial charge in [0, 0.05) is 50.8 Å². The predicted octanol–water partition coefficient (Wildman–Crippen LogP) is 3.74. The summed E-state index contributed by atoms with van der Waals surface area (Å²) in [5, 5.41) is 3.01. The lowest BCUT2D eigenvalue weighted by atomic mass is 10.0. The standard InChI is InChI=1S/C22H26N4O/c1-17-23-12-14-26(17)13-6-11-24-22(27)20-9-4-7-18(15-20)19-8-5-10-21(16-19)25(2)3/h4-5,7-10,12,14-16H,6,11,13H2,1-3H3,(H,24,27). The highest BCUT2D eigenvalue weighted by Crippen LogP contribution is 2.24. The number of imidazole rings is 1. The van der Waals surface area contributed by atoms with Gasteiger partial charge in [-0.15, -0.1) is 0 Å². The molecule has 1 amide bonds. The molecule has 5 nitrogen and oxygen atoms in total. The quantitative estimate of drug-likeness (QED) is 0.651. The van der Waals surface area contributed by atoms with E-state index in [1.807, 2.05) is 57.5 Å². The number of nitrogens with one attached hydrogen (secondary N) is 1. The molecule has 0 spiro atoms. The first-order valence-electron chi connectivity index (χ1n) is 9.18. The first-order valence-corrected chi connectivity index (χ1v) is 9.18.